The molecular weight excluding hydrogens is 312 g/mol. The van der Waals surface area contributed by atoms with Crippen LogP contribution in [-0.2, 0) is 16.0 Å². The molecule has 1 aromatic rings. The first-order valence-corrected chi connectivity index (χ1v) is 9.84. The molecule has 2 aliphatic rings. The molecule has 1 atom stereocenters. The van der Waals surface area contributed by atoms with Crippen molar-refractivity contribution in [2.75, 3.05) is 26.2 Å². The Bertz CT molecular complexity index is 565. The molecule has 2 heterocycles. The van der Waals surface area contributed by atoms with Crippen LogP contribution in [-0.4, -0.2) is 47.8 Å². The number of carbonyl (C=O) groups excluding carboxylic acids is 2. The highest BCUT2D eigenvalue weighted by atomic mass is 16.2. The Morgan fingerprint density at radius 1 is 1.00 bits per heavy atom. The van der Waals surface area contributed by atoms with Gasteiger partial charge in [0, 0.05) is 32.6 Å². The third-order valence-electron chi connectivity index (χ3n) is 5.53. The van der Waals surface area contributed by atoms with E-state index in [1.54, 1.807) is 0 Å². The van der Waals surface area contributed by atoms with Gasteiger partial charge in [-0.25, -0.2) is 0 Å². The predicted octanol–water partition coefficient (Wildman–Crippen LogP) is 3.26. The topological polar surface area (TPSA) is 40.6 Å². The summed E-state index contributed by atoms with van der Waals surface area (Å²) in [5.74, 6) is 0.472. The van der Waals surface area contributed by atoms with E-state index in [-0.39, 0.29) is 17.7 Å². The first kappa shape index (κ1) is 18.0. The Balaban J connectivity index is 1.55. The van der Waals surface area contributed by atoms with Crippen molar-refractivity contribution in [1.29, 1.82) is 0 Å². The summed E-state index contributed by atoms with van der Waals surface area (Å²) in [5, 5.41) is 0. The fourth-order valence-corrected chi connectivity index (χ4v) is 3.97. The molecule has 0 bridgehead atoms. The normalized spacial score (nSPS) is 22.4. The van der Waals surface area contributed by atoms with Gasteiger partial charge in [0.05, 0.1) is 5.92 Å². The lowest BCUT2D eigenvalue weighted by molar-refractivity contribution is -0.143. The second-order valence-corrected chi connectivity index (χ2v) is 7.40. The summed E-state index contributed by atoms with van der Waals surface area (Å²) in [7, 11) is 0. The smallest absolute Gasteiger partial charge is 0.227 e. The molecule has 1 aromatic carbocycles. The predicted molar refractivity (Wildman–Crippen MR) is 99.1 cm³/mol. The third kappa shape index (κ3) is 5.07. The quantitative estimate of drug-likeness (QED) is 0.843. The van der Waals surface area contributed by atoms with Crippen molar-refractivity contribution in [3.63, 3.8) is 0 Å². The Morgan fingerprint density at radius 2 is 1.68 bits per heavy atom. The van der Waals surface area contributed by atoms with Crippen LogP contribution >= 0.6 is 0 Å². The minimum atomic E-state index is -0.00657. The maximum Gasteiger partial charge on any atom is 0.227 e. The summed E-state index contributed by atoms with van der Waals surface area (Å²) < 4.78 is 0. The lowest BCUT2D eigenvalue weighted by Gasteiger charge is -2.35. The van der Waals surface area contributed by atoms with Gasteiger partial charge >= 0.3 is 0 Å². The van der Waals surface area contributed by atoms with Crippen LogP contribution in [0.4, 0.5) is 0 Å². The van der Waals surface area contributed by atoms with Crippen LogP contribution in [0.3, 0.4) is 0 Å². The highest BCUT2D eigenvalue weighted by Gasteiger charge is 2.32. The number of hydrogen-bond acceptors (Lipinski definition) is 2. The Hall–Kier alpha value is -1.84. The molecule has 2 fully saturated rings. The summed E-state index contributed by atoms with van der Waals surface area (Å²) in [6, 6.07) is 10.3. The summed E-state index contributed by atoms with van der Waals surface area (Å²) in [6.45, 7) is 3.11. The van der Waals surface area contributed by atoms with Crippen molar-refractivity contribution >= 4 is 11.8 Å². The second-order valence-electron chi connectivity index (χ2n) is 7.40. The van der Waals surface area contributed by atoms with Gasteiger partial charge in [-0.05, 0) is 31.2 Å². The Labute approximate surface area is 151 Å². The van der Waals surface area contributed by atoms with Crippen molar-refractivity contribution < 1.29 is 9.59 Å². The number of piperidine rings is 1. The molecule has 25 heavy (non-hydrogen) atoms. The van der Waals surface area contributed by atoms with Gasteiger partial charge in [-0.1, -0.05) is 49.6 Å². The molecule has 0 saturated carbocycles. The van der Waals surface area contributed by atoms with Crippen molar-refractivity contribution in [2.24, 2.45) is 5.92 Å². The molecule has 0 aliphatic carbocycles. The molecule has 0 aromatic heterocycles. The summed E-state index contributed by atoms with van der Waals surface area (Å²) in [4.78, 5) is 29.2. The van der Waals surface area contributed by atoms with Crippen molar-refractivity contribution in [3.05, 3.63) is 35.9 Å². The number of hydrogen-bond donors (Lipinski definition) is 0. The van der Waals surface area contributed by atoms with Gasteiger partial charge < -0.3 is 9.80 Å². The minimum Gasteiger partial charge on any atom is -0.342 e. The zero-order valence-corrected chi connectivity index (χ0v) is 15.2. The number of carbonyl (C=O) groups is 2. The summed E-state index contributed by atoms with van der Waals surface area (Å²) in [6.07, 6.45) is 8.09. The fraction of sp³-hybridized carbons (Fsp3) is 0.619. The lowest BCUT2D eigenvalue weighted by atomic mass is 9.95. The Morgan fingerprint density at radius 3 is 2.40 bits per heavy atom. The van der Waals surface area contributed by atoms with E-state index in [1.165, 1.54) is 24.8 Å². The number of amides is 2. The van der Waals surface area contributed by atoms with Gasteiger partial charge in [0.25, 0.3) is 0 Å². The van der Waals surface area contributed by atoms with E-state index < -0.39 is 0 Å². The molecule has 2 aliphatic heterocycles. The maximum absolute atomic E-state index is 12.9. The first-order chi connectivity index (χ1) is 12.2. The van der Waals surface area contributed by atoms with Crippen LogP contribution in [0, 0.1) is 5.92 Å². The van der Waals surface area contributed by atoms with E-state index in [4.69, 9.17) is 0 Å². The molecule has 2 amide bonds. The van der Waals surface area contributed by atoms with Gasteiger partial charge in [0.1, 0.15) is 0 Å². The summed E-state index contributed by atoms with van der Waals surface area (Å²) in [5.41, 5.74) is 1.24. The zero-order valence-electron chi connectivity index (χ0n) is 15.2. The van der Waals surface area contributed by atoms with Crippen molar-refractivity contribution in [2.45, 2.75) is 51.4 Å². The third-order valence-corrected chi connectivity index (χ3v) is 5.53. The van der Waals surface area contributed by atoms with Crippen LogP contribution in [0.2, 0.25) is 0 Å². The molecule has 4 heteroatoms. The van der Waals surface area contributed by atoms with Gasteiger partial charge in [-0.15, -0.1) is 0 Å². The molecule has 1 unspecified atom stereocenters. The van der Waals surface area contributed by atoms with Crippen LogP contribution < -0.4 is 0 Å². The molecule has 0 spiro atoms. The van der Waals surface area contributed by atoms with Gasteiger partial charge in [-0.3, -0.25) is 9.59 Å². The molecule has 2 saturated heterocycles. The van der Waals surface area contributed by atoms with E-state index in [2.05, 4.69) is 17.0 Å². The molecule has 0 radical (unpaired) electrons. The molecule has 136 valence electrons. The van der Waals surface area contributed by atoms with Crippen molar-refractivity contribution in [1.82, 2.24) is 9.80 Å². The van der Waals surface area contributed by atoms with E-state index >= 15 is 0 Å². The highest BCUT2D eigenvalue weighted by Crippen LogP contribution is 2.22. The van der Waals surface area contributed by atoms with Crippen molar-refractivity contribution in [3.8, 4) is 0 Å². The van der Waals surface area contributed by atoms with Crippen LogP contribution in [0.5, 0.6) is 0 Å². The standard InChI is InChI=1S/C21H30N2O2/c24-20-12-11-19(21(25)22-14-7-2-1-3-8-15-22)17-23(20)16-13-18-9-5-4-6-10-18/h4-6,9-10,19H,1-3,7-8,11-17H2. The second kappa shape index (κ2) is 9.02. The highest BCUT2D eigenvalue weighted by molar-refractivity contribution is 5.84. The minimum absolute atomic E-state index is 0.00657. The van der Waals surface area contributed by atoms with Gasteiger partial charge in [-0.2, -0.15) is 0 Å². The monoisotopic (exact) mass is 342 g/mol. The fourth-order valence-electron chi connectivity index (χ4n) is 3.97. The molecule has 4 nitrogen and oxygen atoms in total. The molecule has 3 rings (SSSR count). The zero-order chi connectivity index (χ0) is 17.5. The molecular formula is C21H30N2O2. The maximum atomic E-state index is 12.9. The van der Waals surface area contributed by atoms with E-state index in [1.807, 2.05) is 23.1 Å². The average molecular weight is 342 g/mol. The number of likely N-dealkylation sites (tertiary alicyclic amines) is 2. The summed E-state index contributed by atoms with van der Waals surface area (Å²) >= 11 is 0. The Kier molecular flexibility index (Phi) is 6.48. The number of benzene rings is 1. The average Bonchev–Trinajstić information content (AvgIpc) is 2.61. The van der Waals surface area contributed by atoms with E-state index in [0.29, 0.717) is 19.5 Å². The SMILES string of the molecule is O=C1CCC(C(=O)N2CCCCCCC2)CN1CCc1ccccc1. The van der Waals surface area contributed by atoms with Crippen LogP contribution in [0.15, 0.2) is 30.3 Å². The van der Waals surface area contributed by atoms with Gasteiger partial charge in [0.2, 0.25) is 11.8 Å². The largest absolute Gasteiger partial charge is 0.342 e. The van der Waals surface area contributed by atoms with Crippen LogP contribution in [0.1, 0.15) is 50.5 Å². The van der Waals surface area contributed by atoms with E-state index in [0.717, 1.165) is 38.8 Å². The molecule has 0 N–H and O–H groups in total. The van der Waals surface area contributed by atoms with Gasteiger partial charge in [0.15, 0.2) is 0 Å². The first-order valence-electron chi connectivity index (χ1n) is 9.84. The lowest BCUT2D eigenvalue weighted by Crippen LogP contribution is -2.48. The van der Waals surface area contributed by atoms with Crippen LogP contribution in [0.25, 0.3) is 0 Å². The number of rotatable bonds is 4. The number of nitrogens with zero attached hydrogens (tertiary/aromatic N) is 2. The van der Waals surface area contributed by atoms with E-state index in [9.17, 15) is 9.59 Å².